The highest BCUT2D eigenvalue weighted by atomic mass is 32.2. The molecule has 1 aliphatic heterocycles. The summed E-state index contributed by atoms with van der Waals surface area (Å²) in [7, 11) is 0. The second-order valence-electron chi connectivity index (χ2n) is 6.51. The topological polar surface area (TPSA) is 29.5 Å². The average molecular weight is 375 g/mol. The first-order valence-electron chi connectivity index (χ1n) is 9.01. The lowest BCUT2D eigenvalue weighted by atomic mass is 10.1. The molecule has 3 aromatic rings. The van der Waals surface area contributed by atoms with Crippen molar-refractivity contribution in [3.8, 4) is 5.75 Å². The molecule has 3 aromatic carbocycles. The van der Waals surface area contributed by atoms with Crippen LogP contribution in [0.2, 0.25) is 0 Å². The highest BCUT2D eigenvalue weighted by Gasteiger charge is 2.32. The molecule has 0 bridgehead atoms. The molecule has 4 heteroatoms. The van der Waals surface area contributed by atoms with Crippen LogP contribution in [0.3, 0.4) is 0 Å². The molecule has 0 saturated carbocycles. The van der Waals surface area contributed by atoms with Gasteiger partial charge < -0.3 is 9.64 Å². The number of ether oxygens (including phenoxy) is 1. The van der Waals surface area contributed by atoms with Crippen molar-refractivity contribution in [1.29, 1.82) is 0 Å². The summed E-state index contributed by atoms with van der Waals surface area (Å²) in [6.07, 6.45) is 0. The lowest BCUT2D eigenvalue weighted by Gasteiger charge is -2.24. The molecular formula is C23H21NO2S. The second-order valence-corrected chi connectivity index (χ2v) is 7.58. The minimum absolute atomic E-state index is 0.0564. The minimum Gasteiger partial charge on any atom is -0.489 e. The second kappa shape index (κ2) is 8.31. The van der Waals surface area contributed by atoms with Crippen LogP contribution in [0.1, 0.15) is 22.1 Å². The van der Waals surface area contributed by atoms with Gasteiger partial charge in [-0.2, -0.15) is 0 Å². The molecule has 0 spiro atoms. The zero-order chi connectivity index (χ0) is 18.5. The van der Waals surface area contributed by atoms with Crippen LogP contribution in [-0.2, 0) is 17.9 Å². The Kier molecular flexibility index (Phi) is 5.45. The van der Waals surface area contributed by atoms with Crippen molar-refractivity contribution in [3.05, 3.63) is 102 Å². The Morgan fingerprint density at radius 2 is 1.48 bits per heavy atom. The van der Waals surface area contributed by atoms with E-state index in [1.54, 1.807) is 11.8 Å². The quantitative estimate of drug-likeness (QED) is 0.604. The molecule has 0 aromatic heterocycles. The number of thioether (sulfide) groups is 1. The first kappa shape index (κ1) is 17.7. The van der Waals surface area contributed by atoms with E-state index in [4.69, 9.17) is 4.74 Å². The van der Waals surface area contributed by atoms with Crippen LogP contribution in [0, 0.1) is 0 Å². The van der Waals surface area contributed by atoms with Crippen LogP contribution >= 0.6 is 11.8 Å². The average Bonchev–Trinajstić information content (AvgIpc) is 3.09. The minimum atomic E-state index is 0.0564. The fourth-order valence-corrected chi connectivity index (χ4v) is 4.34. The van der Waals surface area contributed by atoms with Gasteiger partial charge in [0, 0.05) is 6.54 Å². The van der Waals surface area contributed by atoms with Crippen molar-refractivity contribution in [2.75, 3.05) is 5.75 Å². The van der Waals surface area contributed by atoms with Crippen molar-refractivity contribution in [2.24, 2.45) is 0 Å². The van der Waals surface area contributed by atoms with Crippen molar-refractivity contribution in [3.63, 3.8) is 0 Å². The summed E-state index contributed by atoms with van der Waals surface area (Å²) < 4.78 is 5.87. The van der Waals surface area contributed by atoms with E-state index >= 15 is 0 Å². The van der Waals surface area contributed by atoms with Crippen molar-refractivity contribution >= 4 is 17.7 Å². The molecule has 1 aliphatic rings. The van der Waals surface area contributed by atoms with Gasteiger partial charge in [0.2, 0.25) is 5.91 Å². The van der Waals surface area contributed by atoms with Crippen molar-refractivity contribution in [1.82, 2.24) is 4.90 Å². The maximum Gasteiger partial charge on any atom is 0.234 e. The van der Waals surface area contributed by atoms with Gasteiger partial charge in [-0.25, -0.2) is 0 Å². The zero-order valence-corrected chi connectivity index (χ0v) is 15.8. The Morgan fingerprint density at radius 1 is 0.852 bits per heavy atom. The first-order chi connectivity index (χ1) is 13.3. The van der Waals surface area contributed by atoms with E-state index in [0.717, 1.165) is 22.4 Å². The van der Waals surface area contributed by atoms with Crippen LogP contribution < -0.4 is 4.74 Å². The molecule has 1 amide bonds. The van der Waals surface area contributed by atoms with E-state index in [1.807, 2.05) is 53.4 Å². The molecule has 0 aliphatic carbocycles. The molecule has 0 unspecified atom stereocenters. The molecule has 3 nitrogen and oxygen atoms in total. The number of hydrogen-bond acceptors (Lipinski definition) is 3. The molecule has 1 atom stereocenters. The predicted molar refractivity (Wildman–Crippen MR) is 109 cm³/mol. The number of hydrogen-bond donors (Lipinski definition) is 0. The molecular weight excluding hydrogens is 354 g/mol. The molecule has 1 heterocycles. The highest BCUT2D eigenvalue weighted by Crippen LogP contribution is 2.40. The van der Waals surface area contributed by atoms with E-state index in [0.29, 0.717) is 18.9 Å². The van der Waals surface area contributed by atoms with Gasteiger partial charge in [0.1, 0.15) is 17.7 Å². The van der Waals surface area contributed by atoms with Crippen LogP contribution in [-0.4, -0.2) is 16.6 Å². The Hall–Kier alpha value is -2.72. The zero-order valence-electron chi connectivity index (χ0n) is 15.0. The molecule has 0 N–H and O–H groups in total. The van der Waals surface area contributed by atoms with E-state index in [1.165, 1.54) is 0 Å². The molecule has 27 heavy (non-hydrogen) atoms. The molecule has 4 rings (SSSR count). The predicted octanol–water partition coefficient (Wildman–Crippen LogP) is 5.04. The summed E-state index contributed by atoms with van der Waals surface area (Å²) in [4.78, 5) is 14.3. The van der Waals surface area contributed by atoms with E-state index in [9.17, 15) is 4.79 Å². The van der Waals surface area contributed by atoms with Gasteiger partial charge in [0.15, 0.2) is 0 Å². The molecule has 136 valence electrons. The third-order valence-electron chi connectivity index (χ3n) is 4.58. The lowest BCUT2D eigenvalue weighted by Crippen LogP contribution is -2.27. The summed E-state index contributed by atoms with van der Waals surface area (Å²) >= 11 is 1.68. The Morgan fingerprint density at radius 3 is 2.15 bits per heavy atom. The molecule has 0 radical (unpaired) electrons. The van der Waals surface area contributed by atoms with Gasteiger partial charge in [0.25, 0.3) is 0 Å². The number of amides is 1. The summed E-state index contributed by atoms with van der Waals surface area (Å²) in [5.74, 6) is 1.56. The summed E-state index contributed by atoms with van der Waals surface area (Å²) in [6.45, 7) is 1.20. The van der Waals surface area contributed by atoms with Gasteiger partial charge in [-0.05, 0) is 28.8 Å². The van der Waals surface area contributed by atoms with Crippen LogP contribution in [0.5, 0.6) is 5.75 Å². The summed E-state index contributed by atoms with van der Waals surface area (Å²) in [5.41, 5.74) is 3.43. The van der Waals surface area contributed by atoms with Gasteiger partial charge in [-0.15, -0.1) is 11.8 Å². The van der Waals surface area contributed by atoms with Crippen LogP contribution in [0.4, 0.5) is 0 Å². The fourth-order valence-electron chi connectivity index (χ4n) is 3.15. The first-order valence-corrected chi connectivity index (χ1v) is 10.1. The monoisotopic (exact) mass is 375 g/mol. The molecule has 1 saturated heterocycles. The molecule has 1 fully saturated rings. The SMILES string of the molecule is O=C1CS[C@@H](c2ccc(OCc3ccccc3)cc2)N1Cc1ccccc1. The third-order valence-corrected chi connectivity index (χ3v) is 5.83. The number of nitrogens with zero attached hydrogens (tertiary/aromatic N) is 1. The number of carbonyl (C=O) groups excluding carboxylic acids is 1. The maximum atomic E-state index is 12.4. The number of carbonyl (C=O) groups is 1. The lowest BCUT2D eigenvalue weighted by molar-refractivity contribution is -0.128. The largest absolute Gasteiger partial charge is 0.489 e. The van der Waals surface area contributed by atoms with Gasteiger partial charge in [0.05, 0.1) is 5.75 Å². The highest BCUT2D eigenvalue weighted by molar-refractivity contribution is 8.00. The Balaban J connectivity index is 1.43. The van der Waals surface area contributed by atoms with Crippen LogP contribution in [0.15, 0.2) is 84.9 Å². The van der Waals surface area contributed by atoms with Crippen LogP contribution in [0.25, 0.3) is 0 Å². The summed E-state index contributed by atoms with van der Waals surface area (Å²) in [6, 6.07) is 28.4. The van der Waals surface area contributed by atoms with Crippen molar-refractivity contribution in [2.45, 2.75) is 18.5 Å². The Labute approximate surface area is 164 Å². The van der Waals surface area contributed by atoms with Gasteiger partial charge >= 0.3 is 0 Å². The smallest absolute Gasteiger partial charge is 0.234 e. The summed E-state index contributed by atoms with van der Waals surface area (Å²) in [5, 5.41) is 0.0564. The van der Waals surface area contributed by atoms with Crippen molar-refractivity contribution < 1.29 is 9.53 Å². The number of rotatable bonds is 6. The standard InChI is InChI=1S/C23H21NO2S/c25-22-17-27-23(24(22)15-18-7-3-1-4-8-18)20-11-13-21(14-12-20)26-16-19-9-5-2-6-10-19/h1-14,23H,15-17H2/t23-/m0/s1. The Bertz CT molecular complexity index is 881. The van der Waals surface area contributed by atoms with E-state index in [2.05, 4.69) is 36.4 Å². The number of benzene rings is 3. The van der Waals surface area contributed by atoms with Gasteiger partial charge in [-0.1, -0.05) is 72.8 Å². The maximum absolute atomic E-state index is 12.4. The normalized spacial score (nSPS) is 16.5. The van der Waals surface area contributed by atoms with E-state index in [-0.39, 0.29) is 11.3 Å². The van der Waals surface area contributed by atoms with Gasteiger partial charge in [-0.3, -0.25) is 4.79 Å². The fraction of sp³-hybridized carbons (Fsp3) is 0.174. The van der Waals surface area contributed by atoms with E-state index < -0.39 is 0 Å². The third kappa shape index (κ3) is 4.34.